The van der Waals surface area contributed by atoms with Crippen LogP contribution in [-0.2, 0) is 13.1 Å². The Kier molecular flexibility index (Phi) is 7.21. The number of benzene rings is 3. The smallest absolute Gasteiger partial charge is 0.389 e. The Morgan fingerprint density at radius 3 is 2.43 bits per heavy atom. The minimum absolute atomic E-state index is 0.0331. The second-order valence-electron chi connectivity index (χ2n) is 8.30. The minimum atomic E-state index is -4.20. The van der Waals surface area contributed by atoms with Gasteiger partial charge in [-0.1, -0.05) is 60.7 Å². The van der Waals surface area contributed by atoms with Crippen molar-refractivity contribution in [3.05, 3.63) is 95.7 Å². The number of fused-ring (bicyclic) bond motifs is 1. The molecule has 8 heteroatoms. The van der Waals surface area contributed by atoms with Gasteiger partial charge in [-0.15, -0.1) is 0 Å². The van der Waals surface area contributed by atoms with Crippen LogP contribution in [0.4, 0.5) is 13.2 Å². The topological polar surface area (TPSA) is 60.0 Å². The van der Waals surface area contributed by atoms with E-state index in [2.05, 4.69) is 5.32 Å². The molecule has 3 aromatic carbocycles. The zero-order chi connectivity index (χ0) is 25.0. The third-order valence-corrected chi connectivity index (χ3v) is 5.99. The van der Waals surface area contributed by atoms with E-state index >= 15 is 0 Å². The van der Waals surface area contributed by atoms with E-state index in [1.54, 1.807) is 24.3 Å². The summed E-state index contributed by atoms with van der Waals surface area (Å²) in [4.78, 5) is 12.7. The van der Waals surface area contributed by atoms with Gasteiger partial charge in [-0.05, 0) is 41.8 Å². The number of hydrogen-bond acceptors (Lipinski definition) is 2. The summed E-state index contributed by atoms with van der Waals surface area (Å²) in [6.45, 7) is 0.508. The van der Waals surface area contributed by atoms with Crippen molar-refractivity contribution in [2.24, 2.45) is 5.73 Å². The number of halogens is 3. The Bertz CT molecular complexity index is 1360. The van der Waals surface area contributed by atoms with Crippen molar-refractivity contribution >= 4 is 34.0 Å². The summed E-state index contributed by atoms with van der Waals surface area (Å²) in [6, 6.07) is 22.1. The van der Waals surface area contributed by atoms with E-state index in [9.17, 15) is 18.0 Å². The quantitative estimate of drug-likeness (QED) is 0.286. The number of carbonyl (C=O) groups is 1. The van der Waals surface area contributed by atoms with E-state index in [4.69, 9.17) is 18.0 Å². The second-order valence-corrected chi connectivity index (χ2v) is 8.74. The highest BCUT2D eigenvalue weighted by Gasteiger charge is 2.26. The highest BCUT2D eigenvalue weighted by Crippen LogP contribution is 2.33. The second kappa shape index (κ2) is 10.3. The molecule has 1 amide bonds. The lowest BCUT2D eigenvalue weighted by Crippen LogP contribution is -2.22. The molecule has 1 heterocycles. The lowest BCUT2D eigenvalue weighted by Gasteiger charge is -2.09. The molecule has 0 aliphatic carbocycles. The number of nitrogens with two attached hydrogens (primary N) is 1. The molecule has 0 unspecified atom stereocenters. The molecule has 0 radical (unpaired) electrons. The van der Waals surface area contributed by atoms with Gasteiger partial charge in [0.1, 0.15) is 4.99 Å². The predicted octanol–water partition coefficient (Wildman–Crippen LogP) is 6.22. The zero-order valence-corrected chi connectivity index (χ0v) is 19.6. The summed E-state index contributed by atoms with van der Waals surface area (Å²) in [5.74, 6) is -0.193. The van der Waals surface area contributed by atoms with Gasteiger partial charge in [-0.2, -0.15) is 13.2 Å². The maximum absolute atomic E-state index is 12.8. The van der Waals surface area contributed by atoms with Crippen molar-refractivity contribution in [1.82, 2.24) is 9.88 Å². The molecule has 3 N–H and O–H groups in total. The molecule has 0 atom stereocenters. The van der Waals surface area contributed by atoms with E-state index in [-0.39, 0.29) is 23.9 Å². The third-order valence-electron chi connectivity index (χ3n) is 5.75. The fraction of sp³-hybridized carbons (Fsp3) is 0.185. The molecule has 180 valence electrons. The summed E-state index contributed by atoms with van der Waals surface area (Å²) < 4.78 is 40.1. The molecule has 0 aliphatic rings. The summed E-state index contributed by atoms with van der Waals surface area (Å²) >= 11 is 5.10. The van der Waals surface area contributed by atoms with Gasteiger partial charge in [0.25, 0.3) is 5.91 Å². The number of nitrogens with one attached hydrogen (secondary N) is 1. The average molecular weight is 496 g/mol. The lowest BCUT2D eigenvalue weighted by molar-refractivity contribution is -0.135. The summed E-state index contributed by atoms with van der Waals surface area (Å²) in [6.07, 6.45) is -3.23. The van der Waals surface area contributed by atoms with Crippen LogP contribution in [-0.4, -0.2) is 21.6 Å². The number of aromatic nitrogens is 1. The highest BCUT2D eigenvalue weighted by atomic mass is 32.1. The summed E-state index contributed by atoms with van der Waals surface area (Å²) in [5, 5.41) is 3.79. The van der Waals surface area contributed by atoms with Gasteiger partial charge in [-0.3, -0.25) is 4.79 Å². The Labute approximate surface area is 206 Å². The molecular weight excluding hydrogens is 471 g/mol. The average Bonchev–Trinajstić information content (AvgIpc) is 3.20. The molecule has 4 aromatic rings. The molecule has 4 rings (SSSR count). The van der Waals surface area contributed by atoms with Crippen LogP contribution < -0.4 is 11.1 Å². The molecule has 4 nitrogen and oxygen atoms in total. The van der Waals surface area contributed by atoms with E-state index in [1.807, 2.05) is 59.3 Å². The first-order valence-corrected chi connectivity index (χ1v) is 11.5. The van der Waals surface area contributed by atoms with Crippen molar-refractivity contribution in [3.63, 3.8) is 0 Å². The first-order valence-electron chi connectivity index (χ1n) is 11.1. The van der Waals surface area contributed by atoms with E-state index < -0.39 is 12.6 Å². The van der Waals surface area contributed by atoms with Crippen LogP contribution in [0.25, 0.3) is 22.0 Å². The number of hydrogen-bond donors (Lipinski definition) is 2. The SMILES string of the molecule is NC(=S)c1cccc(-c2cn(CCCC(F)(F)F)c3cc(CNC(=O)c4ccccc4)ccc23)c1. The Morgan fingerprint density at radius 2 is 1.71 bits per heavy atom. The van der Waals surface area contributed by atoms with Crippen LogP contribution in [0.1, 0.15) is 34.3 Å². The molecular formula is C27H24F3N3OS. The van der Waals surface area contributed by atoms with Gasteiger partial charge in [-0.25, -0.2) is 0 Å². The van der Waals surface area contributed by atoms with Gasteiger partial charge in [0, 0.05) is 53.3 Å². The molecule has 0 spiro atoms. The van der Waals surface area contributed by atoms with Crippen molar-refractivity contribution in [1.29, 1.82) is 0 Å². The predicted molar refractivity (Wildman–Crippen MR) is 136 cm³/mol. The molecule has 0 bridgehead atoms. The van der Waals surface area contributed by atoms with Crippen LogP contribution in [0.15, 0.2) is 79.0 Å². The number of thiocarbonyl (C=S) groups is 1. The molecule has 35 heavy (non-hydrogen) atoms. The first-order chi connectivity index (χ1) is 16.7. The first kappa shape index (κ1) is 24.5. The lowest BCUT2D eigenvalue weighted by atomic mass is 10.0. The Balaban J connectivity index is 1.65. The third kappa shape index (κ3) is 6.08. The summed E-state index contributed by atoms with van der Waals surface area (Å²) in [5.41, 5.74) is 10.5. The summed E-state index contributed by atoms with van der Waals surface area (Å²) in [7, 11) is 0. The molecule has 1 aromatic heterocycles. The normalized spacial score (nSPS) is 11.5. The number of carbonyl (C=O) groups excluding carboxylic acids is 1. The molecule has 0 saturated carbocycles. The minimum Gasteiger partial charge on any atom is -0.389 e. The van der Waals surface area contributed by atoms with E-state index in [0.29, 0.717) is 12.1 Å². The number of alkyl halides is 3. The van der Waals surface area contributed by atoms with Crippen molar-refractivity contribution in [2.45, 2.75) is 32.1 Å². The van der Waals surface area contributed by atoms with Crippen molar-refractivity contribution in [3.8, 4) is 11.1 Å². The molecule has 0 fully saturated rings. The maximum Gasteiger partial charge on any atom is 0.389 e. The standard InChI is InChI=1S/C27H24F3N3OS/c28-27(29,30)12-5-13-33-17-23(20-8-4-9-21(15-20)25(31)35)22-11-10-18(14-24(22)33)16-32-26(34)19-6-2-1-3-7-19/h1-4,6-11,14-15,17H,5,12-13,16H2,(H2,31,35)(H,32,34). The largest absolute Gasteiger partial charge is 0.389 e. The fourth-order valence-corrected chi connectivity index (χ4v) is 4.15. The maximum atomic E-state index is 12.8. The van der Waals surface area contributed by atoms with Crippen molar-refractivity contribution < 1.29 is 18.0 Å². The van der Waals surface area contributed by atoms with Gasteiger partial charge in [0.2, 0.25) is 0 Å². The number of nitrogens with zero attached hydrogens (tertiary/aromatic N) is 1. The van der Waals surface area contributed by atoms with Crippen LogP contribution in [0.5, 0.6) is 0 Å². The fourth-order valence-electron chi connectivity index (χ4n) is 4.03. The number of amides is 1. The van der Waals surface area contributed by atoms with Crippen LogP contribution in [0.3, 0.4) is 0 Å². The monoisotopic (exact) mass is 495 g/mol. The molecule has 0 aliphatic heterocycles. The van der Waals surface area contributed by atoms with Gasteiger partial charge < -0.3 is 15.6 Å². The number of aryl methyl sites for hydroxylation is 1. The van der Waals surface area contributed by atoms with Crippen LogP contribution in [0.2, 0.25) is 0 Å². The van der Waals surface area contributed by atoms with Crippen LogP contribution in [0, 0.1) is 0 Å². The highest BCUT2D eigenvalue weighted by molar-refractivity contribution is 7.80. The molecule has 0 saturated heterocycles. The van der Waals surface area contributed by atoms with E-state index in [0.717, 1.165) is 33.2 Å². The van der Waals surface area contributed by atoms with E-state index in [1.165, 1.54) is 0 Å². The van der Waals surface area contributed by atoms with Crippen molar-refractivity contribution in [2.75, 3.05) is 0 Å². The van der Waals surface area contributed by atoms with Crippen LogP contribution >= 0.6 is 12.2 Å². The zero-order valence-electron chi connectivity index (χ0n) is 18.8. The number of rotatable bonds is 8. The van der Waals surface area contributed by atoms with Gasteiger partial charge >= 0.3 is 6.18 Å². The Hall–Kier alpha value is -3.65. The van der Waals surface area contributed by atoms with Gasteiger partial charge in [0.15, 0.2) is 0 Å². The van der Waals surface area contributed by atoms with Gasteiger partial charge in [0.05, 0.1) is 0 Å². The Morgan fingerprint density at radius 1 is 0.971 bits per heavy atom.